The second-order valence-corrected chi connectivity index (χ2v) is 9.35. The zero-order valence-corrected chi connectivity index (χ0v) is 19.7. The van der Waals surface area contributed by atoms with Gasteiger partial charge in [-0.25, -0.2) is 8.78 Å². The number of piperidine rings is 1. The monoisotopic (exact) mass is 537 g/mol. The van der Waals surface area contributed by atoms with E-state index in [2.05, 4.69) is 25.6 Å². The number of amides is 2. The molecule has 1 unspecified atom stereocenters. The summed E-state index contributed by atoms with van der Waals surface area (Å²) >= 11 is 0. The lowest BCUT2D eigenvalue weighted by atomic mass is 9.88. The number of rotatable bonds is 6. The zero-order chi connectivity index (χ0) is 27.2. The molecule has 3 aromatic rings. The van der Waals surface area contributed by atoms with Crippen LogP contribution < -0.4 is 20.3 Å². The molecular formula is C24H20F5N5O4. The number of carbonyl (C=O) groups excluding carboxylic acids is 2. The average Bonchev–Trinajstić information content (AvgIpc) is 3.26. The van der Waals surface area contributed by atoms with Gasteiger partial charge in [0.25, 0.3) is 0 Å². The Morgan fingerprint density at radius 1 is 1.11 bits per heavy atom. The van der Waals surface area contributed by atoms with Gasteiger partial charge in [0.1, 0.15) is 17.4 Å². The van der Waals surface area contributed by atoms with Crippen molar-refractivity contribution in [1.82, 2.24) is 15.5 Å². The van der Waals surface area contributed by atoms with Crippen LogP contribution in [0.3, 0.4) is 0 Å². The number of benzene rings is 2. The molecule has 2 amide bonds. The summed E-state index contributed by atoms with van der Waals surface area (Å²) in [5, 5.41) is 13.0. The molecule has 0 radical (unpaired) electrons. The number of ether oxygens (including phenoxy) is 1. The molecular weight excluding hydrogens is 517 g/mol. The number of alkyl halides is 3. The van der Waals surface area contributed by atoms with Gasteiger partial charge < -0.3 is 19.4 Å². The van der Waals surface area contributed by atoms with E-state index in [9.17, 15) is 31.5 Å². The Hall–Kier alpha value is -4.23. The molecule has 38 heavy (non-hydrogen) atoms. The van der Waals surface area contributed by atoms with E-state index in [1.54, 1.807) is 4.90 Å². The van der Waals surface area contributed by atoms with E-state index in [0.717, 1.165) is 24.3 Å². The molecule has 2 saturated heterocycles. The molecule has 2 N–H and O–H groups in total. The Balaban J connectivity index is 1.22. The number of aromatic nitrogens is 2. The first-order valence-corrected chi connectivity index (χ1v) is 11.4. The topological polar surface area (TPSA) is 110 Å². The Labute approximate surface area is 212 Å². The largest absolute Gasteiger partial charge is 0.573 e. The van der Waals surface area contributed by atoms with E-state index in [-0.39, 0.29) is 41.7 Å². The predicted octanol–water partition coefficient (Wildman–Crippen LogP) is 4.12. The standard InChI is InChI=1S/C24H20F5N5O4/c1-23(31-22-33-32-21(37-22)12-2-4-14(5-3-12)38-24(27,28)29)10-34(11-23)13-8-16(25)19(17(26)9-13)15-6-7-18(35)30-20(15)36/h2-5,8-9,15H,6-7,10-11H2,1H3,(H,31,33)(H,30,35,36). The van der Waals surface area contributed by atoms with Crippen molar-refractivity contribution >= 4 is 23.5 Å². The van der Waals surface area contributed by atoms with Gasteiger partial charge in [-0.2, -0.15) is 0 Å². The lowest BCUT2D eigenvalue weighted by molar-refractivity contribution is -0.274. The smallest absolute Gasteiger partial charge is 0.406 e. The van der Waals surface area contributed by atoms with Gasteiger partial charge >= 0.3 is 12.4 Å². The van der Waals surface area contributed by atoms with E-state index < -0.39 is 41.3 Å². The number of nitrogens with one attached hydrogen (secondary N) is 2. The molecule has 200 valence electrons. The first kappa shape index (κ1) is 25.4. The molecule has 0 aliphatic carbocycles. The SMILES string of the molecule is CC1(Nc2nnc(-c3ccc(OC(F)(F)F)cc3)o2)CN(c2cc(F)c(C3CCC(=O)NC3=O)c(F)c2)C1. The predicted molar refractivity (Wildman–Crippen MR) is 122 cm³/mol. The van der Waals surface area contributed by atoms with Crippen molar-refractivity contribution in [2.75, 3.05) is 23.3 Å². The number of carbonyl (C=O) groups is 2. The van der Waals surface area contributed by atoms with E-state index in [1.807, 2.05) is 6.92 Å². The fourth-order valence-electron chi connectivity index (χ4n) is 4.56. The highest BCUT2D eigenvalue weighted by Gasteiger charge is 2.41. The first-order chi connectivity index (χ1) is 17.9. The zero-order valence-electron chi connectivity index (χ0n) is 19.7. The Morgan fingerprint density at radius 2 is 1.76 bits per heavy atom. The van der Waals surface area contributed by atoms with Gasteiger partial charge in [-0.15, -0.1) is 18.3 Å². The molecule has 2 fully saturated rings. The van der Waals surface area contributed by atoms with Crippen LogP contribution in [0.1, 0.15) is 31.2 Å². The highest BCUT2D eigenvalue weighted by atomic mass is 19.4. The second kappa shape index (κ2) is 9.26. The molecule has 5 rings (SSSR count). The molecule has 3 heterocycles. The number of imide groups is 1. The number of halogens is 5. The Kier molecular flexibility index (Phi) is 6.19. The summed E-state index contributed by atoms with van der Waals surface area (Å²) in [5.41, 5.74) is -0.300. The third-order valence-electron chi connectivity index (χ3n) is 6.26. The number of hydrogen-bond donors (Lipinski definition) is 2. The summed E-state index contributed by atoms with van der Waals surface area (Å²) in [7, 11) is 0. The van der Waals surface area contributed by atoms with Gasteiger partial charge in [0.2, 0.25) is 17.7 Å². The van der Waals surface area contributed by atoms with Crippen molar-refractivity contribution in [2.45, 2.75) is 37.6 Å². The molecule has 2 aliphatic rings. The quantitative estimate of drug-likeness (QED) is 0.357. The number of nitrogens with zero attached hydrogens (tertiary/aromatic N) is 3. The first-order valence-electron chi connectivity index (χ1n) is 11.4. The van der Waals surface area contributed by atoms with Crippen molar-refractivity contribution in [3.05, 3.63) is 53.6 Å². The van der Waals surface area contributed by atoms with Crippen LogP contribution in [0, 0.1) is 11.6 Å². The highest BCUT2D eigenvalue weighted by molar-refractivity contribution is 6.01. The molecule has 2 aliphatic heterocycles. The molecule has 1 aromatic heterocycles. The van der Waals surface area contributed by atoms with Crippen LogP contribution in [0.15, 0.2) is 40.8 Å². The normalized spacial score (nSPS) is 19.1. The Bertz CT molecular complexity index is 1360. The molecule has 0 saturated carbocycles. The van der Waals surface area contributed by atoms with E-state index >= 15 is 0 Å². The molecule has 9 nitrogen and oxygen atoms in total. The van der Waals surface area contributed by atoms with Crippen LogP contribution >= 0.6 is 0 Å². The van der Waals surface area contributed by atoms with Crippen LogP contribution in [-0.4, -0.2) is 47.0 Å². The maximum Gasteiger partial charge on any atom is 0.573 e. The molecule has 14 heteroatoms. The minimum atomic E-state index is -4.80. The van der Waals surface area contributed by atoms with E-state index in [0.29, 0.717) is 18.7 Å². The van der Waals surface area contributed by atoms with Gasteiger partial charge in [0.05, 0.1) is 11.5 Å². The summed E-state index contributed by atoms with van der Waals surface area (Å²) in [6.07, 6.45) is -4.77. The minimum Gasteiger partial charge on any atom is -0.406 e. The van der Waals surface area contributed by atoms with Crippen molar-refractivity contribution in [3.8, 4) is 17.2 Å². The minimum absolute atomic E-state index is 0.00234. The summed E-state index contributed by atoms with van der Waals surface area (Å²) < 4.78 is 76.1. The Morgan fingerprint density at radius 3 is 2.37 bits per heavy atom. The summed E-state index contributed by atoms with van der Waals surface area (Å²) in [6, 6.07) is 7.28. The van der Waals surface area contributed by atoms with Crippen LogP contribution in [-0.2, 0) is 9.59 Å². The second-order valence-electron chi connectivity index (χ2n) is 9.35. The van der Waals surface area contributed by atoms with Crippen molar-refractivity contribution in [1.29, 1.82) is 0 Å². The van der Waals surface area contributed by atoms with Crippen molar-refractivity contribution in [2.24, 2.45) is 0 Å². The van der Waals surface area contributed by atoms with E-state index in [1.165, 1.54) is 12.1 Å². The van der Waals surface area contributed by atoms with Crippen LogP contribution in [0.5, 0.6) is 5.75 Å². The molecule has 0 spiro atoms. The van der Waals surface area contributed by atoms with E-state index in [4.69, 9.17) is 4.42 Å². The average molecular weight is 537 g/mol. The van der Waals surface area contributed by atoms with Crippen LogP contribution in [0.4, 0.5) is 33.7 Å². The van der Waals surface area contributed by atoms with Gasteiger partial charge in [-0.3, -0.25) is 14.9 Å². The maximum atomic E-state index is 14.9. The van der Waals surface area contributed by atoms with Crippen molar-refractivity contribution in [3.63, 3.8) is 0 Å². The summed E-state index contributed by atoms with van der Waals surface area (Å²) in [4.78, 5) is 25.1. The molecule has 1 atom stereocenters. The van der Waals surface area contributed by atoms with Crippen LogP contribution in [0.2, 0.25) is 0 Å². The number of hydrogen-bond acceptors (Lipinski definition) is 8. The summed E-state index contributed by atoms with van der Waals surface area (Å²) in [5.74, 6) is -4.34. The van der Waals surface area contributed by atoms with Crippen molar-refractivity contribution < 1.29 is 40.7 Å². The molecule has 2 aromatic carbocycles. The maximum absolute atomic E-state index is 14.9. The van der Waals surface area contributed by atoms with Gasteiger partial charge in [0.15, 0.2) is 0 Å². The highest BCUT2D eigenvalue weighted by Crippen LogP contribution is 2.36. The molecule has 0 bridgehead atoms. The third kappa shape index (κ3) is 5.24. The fraction of sp³-hybridized carbons (Fsp3) is 0.333. The lowest BCUT2D eigenvalue weighted by Gasteiger charge is -2.49. The number of anilines is 2. The summed E-state index contributed by atoms with van der Waals surface area (Å²) in [6.45, 7) is 2.48. The van der Waals surface area contributed by atoms with Gasteiger partial charge in [-0.05, 0) is 49.7 Å². The fourth-order valence-corrected chi connectivity index (χ4v) is 4.56. The van der Waals surface area contributed by atoms with Gasteiger partial charge in [-0.1, -0.05) is 5.10 Å². The van der Waals surface area contributed by atoms with Crippen LogP contribution in [0.25, 0.3) is 11.5 Å². The van der Waals surface area contributed by atoms with Gasteiger partial charge in [0, 0.05) is 36.3 Å². The lowest BCUT2D eigenvalue weighted by Crippen LogP contribution is -2.64. The third-order valence-corrected chi connectivity index (χ3v) is 6.26.